The van der Waals surface area contributed by atoms with Gasteiger partial charge in [0, 0.05) is 6.42 Å². The fraction of sp³-hybridized carbons (Fsp3) is 0.387. The van der Waals surface area contributed by atoms with E-state index in [0.717, 1.165) is 11.1 Å². The van der Waals surface area contributed by atoms with Gasteiger partial charge in [-0.2, -0.15) is 0 Å². The Morgan fingerprint density at radius 2 is 1.45 bits per heavy atom. The van der Waals surface area contributed by atoms with Gasteiger partial charge in [0.2, 0.25) is 11.8 Å². The number of carbonyl (C=O) groups excluding carboxylic acids is 3. The van der Waals surface area contributed by atoms with E-state index in [1.165, 1.54) is 0 Å². The predicted molar refractivity (Wildman–Crippen MR) is 149 cm³/mol. The third kappa shape index (κ3) is 11.1. The lowest BCUT2D eigenvalue weighted by Gasteiger charge is -2.21. The Morgan fingerprint density at radius 3 is 2.00 bits per heavy atom. The number of nitrogens with one attached hydrogen (secondary N) is 2. The molecule has 0 unspecified atom stereocenters. The van der Waals surface area contributed by atoms with Gasteiger partial charge in [-0.25, -0.2) is 0 Å². The summed E-state index contributed by atoms with van der Waals surface area (Å²) in [5.74, 6) is -1.97. The molecule has 0 saturated carbocycles. The number of aliphatic hydroxyl groups is 1. The van der Waals surface area contributed by atoms with Crippen LogP contribution in [-0.2, 0) is 32.0 Å². The number of esters is 1. The summed E-state index contributed by atoms with van der Waals surface area (Å²) in [4.78, 5) is 38.3. The molecule has 4 atom stereocenters. The molecule has 0 heterocycles. The molecule has 2 amide bonds. The molecule has 0 bridgehead atoms. The van der Waals surface area contributed by atoms with Crippen molar-refractivity contribution in [3.8, 4) is 0 Å². The van der Waals surface area contributed by atoms with Crippen molar-refractivity contribution >= 4 is 17.8 Å². The molecule has 0 aliphatic heterocycles. The standard InChI is InChI=1S/C31H40N2O5/c1-4-12-26(20-29(35)33-28(22-34)19-25-16-10-7-11-17-25)30(36)32-21-23(3)38-31(37)27(13-5-2)18-24-14-8-6-9-15-24/h4-11,14-17,23,26-28,34H,1-2,12-13,18-22H2,3H3,(H,32,36)(H,33,35)/t23-,26+,27+,28-/m0/s1. The topological polar surface area (TPSA) is 105 Å². The van der Waals surface area contributed by atoms with Crippen LogP contribution in [0.2, 0.25) is 0 Å². The summed E-state index contributed by atoms with van der Waals surface area (Å²) in [6.07, 6.45) is 4.54. The maximum atomic E-state index is 12.8. The van der Waals surface area contributed by atoms with E-state index in [9.17, 15) is 19.5 Å². The Morgan fingerprint density at radius 1 is 0.895 bits per heavy atom. The lowest BCUT2D eigenvalue weighted by molar-refractivity contribution is -0.153. The minimum absolute atomic E-state index is 0.0458. The number of aliphatic hydroxyl groups excluding tert-OH is 1. The molecular formula is C31H40N2O5. The Hall–Kier alpha value is -3.71. The van der Waals surface area contributed by atoms with Crippen LogP contribution >= 0.6 is 0 Å². The number of ether oxygens (including phenoxy) is 1. The zero-order valence-electron chi connectivity index (χ0n) is 22.2. The molecule has 3 N–H and O–H groups in total. The molecule has 38 heavy (non-hydrogen) atoms. The average molecular weight is 521 g/mol. The van der Waals surface area contributed by atoms with Gasteiger partial charge in [-0.1, -0.05) is 72.8 Å². The lowest BCUT2D eigenvalue weighted by atomic mass is 9.96. The van der Waals surface area contributed by atoms with E-state index < -0.39 is 18.1 Å². The van der Waals surface area contributed by atoms with Crippen LogP contribution in [-0.4, -0.2) is 48.2 Å². The number of amides is 2. The summed E-state index contributed by atoms with van der Waals surface area (Å²) < 4.78 is 5.60. The first-order valence-electron chi connectivity index (χ1n) is 13.0. The van der Waals surface area contributed by atoms with Gasteiger partial charge in [0.25, 0.3) is 0 Å². The summed E-state index contributed by atoms with van der Waals surface area (Å²) in [5, 5.41) is 15.3. The highest BCUT2D eigenvalue weighted by Gasteiger charge is 2.25. The highest BCUT2D eigenvalue weighted by atomic mass is 16.5. The summed E-state index contributed by atoms with van der Waals surface area (Å²) in [6.45, 7) is 9.08. The van der Waals surface area contributed by atoms with Gasteiger partial charge in [0.1, 0.15) is 6.10 Å². The zero-order chi connectivity index (χ0) is 27.8. The molecule has 0 aromatic heterocycles. The van der Waals surface area contributed by atoms with Gasteiger partial charge in [0.15, 0.2) is 0 Å². The van der Waals surface area contributed by atoms with Gasteiger partial charge in [-0.3, -0.25) is 14.4 Å². The van der Waals surface area contributed by atoms with E-state index in [2.05, 4.69) is 23.8 Å². The van der Waals surface area contributed by atoms with Gasteiger partial charge in [-0.15, -0.1) is 13.2 Å². The second-order valence-electron chi connectivity index (χ2n) is 9.47. The van der Waals surface area contributed by atoms with Gasteiger partial charge in [-0.05, 0) is 43.7 Å². The number of allylic oxidation sites excluding steroid dienone is 2. The highest BCUT2D eigenvalue weighted by molar-refractivity contribution is 5.86. The predicted octanol–water partition coefficient (Wildman–Crippen LogP) is 3.77. The van der Waals surface area contributed by atoms with Crippen molar-refractivity contribution in [1.82, 2.24) is 10.6 Å². The molecule has 2 aromatic carbocycles. The lowest BCUT2D eigenvalue weighted by Crippen LogP contribution is -2.42. The first-order chi connectivity index (χ1) is 18.4. The first kappa shape index (κ1) is 30.5. The summed E-state index contributed by atoms with van der Waals surface area (Å²) in [6, 6.07) is 18.8. The van der Waals surface area contributed by atoms with Crippen molar-refractivity contribution in [3.05, 3.63) is 97.1 Å². The van der Waals surface area contributed by atoms with E-state index >= 15 is 0 Å². The average Bonchev–Trinajstić information content (AvgIpc) is 2.92. The van der Waals surface area contributed by atoms with E-state index in [0.29, 0.717) is 25.7 Å². The zero-order valence-corrected chi connectivity index (χ0v) is 22.2. The van der Waals surface area contributed by atoms with E-state index in [-0.39, 0.29) is 43.3 Å². The second kappa shape index (κ2) is 16.9. The van der Waals surface area contributed by atoms with Crippen molar-refractivity contribution in [2.75, 3.05) is 13.2 Å². The molecule has 7 heteroatoms. The van der Waals surface area contributed by atoms with Crippen LogP contribution in [0, 0.1) is 11.8 Å². The second-order valence-corrected chi connectivity index (χ2v) is 9.47. The van der Waals surface area contributed by atoms with E-state index in [1.807, 2.05) is 60.7 Å². The van der Waals surface area contributed by atoms with Crippen LogP contribution in [0.1, 0.15) is 37.3 Å². The first-order valence-corrected chi connectivity index (χ1v) is 13.0. The van der Waals surface area contributed by atoms with Crippen molar-refractivity contribution in [2.24, 2.45) is 11.8 Å². The monoisotopic (exact) mass is 520 g/mol. The third-order valence-corrected chi connectivity index (χ3v) is 6.15. The number of benzene rings is 2. The Bertz CT molecular complexity index is 1030. The number of carbonyl (C=O) groups is 3. The van der Waals surface area contributed by atoms with E-state index in [1.54, 1.807) is 19.1 Å². The molecule has 0 spiro atoms. The molecule has 0 aliphatic carbocycles. The highest BCUT2D eigenvalue weighted by Crippen LogP contribution is 2.16. The van der Waals surface area contributed by atoms with Gasteiger partial charge < -0.3 is 20.5 Å². The van der Waals surface area contributed by atoms with Crippen LogP contribution in [0.15, 0.2) is 86.0 Å². The summed E-state index contributed by atoms with van der Waals surface area (Å²) >= 11 is 0. The van der Waals surface area contributed by atoms with Crippen LogP contribution in [0.3, 0.4) is 0 Å². The third-order valence-electron chi connectivity index (χ3n) is 6.15. The number of rotatable bonds is 17. The minimum atomic E-state index is -0.627. The number of hydrogen-bond donors (Lipinski definition) is 3. The Labute approximate surface area is 226 Å². The Kier molecular flexibility index (Phi) is 13.6. The molecule has 0 aliphatic rings. The Balaban J connectivity index is 1.85. The van der Waals surface area contributed by atoms with Crippen LogP contribution in [0.25, 0.3) is 0 Å². The smallest absolute Gasteiger partial charge is 0.309 e. The van der Waals surface area contributed by atoms with Crippen LogP contribution in [0.5, 0.6) is 0 Å². The van der Waals surface area contributed by atoms with Crippen LogP contribution in [0.4, 0.5) is 0 Å². The van der Waals surface area contributed by atoms with Crippen molar-refractivity contribution in [1.29, 1.82) is 0 Å². The molecule has 7 nitrogen and oxygen atoms in total. The van der Waals surface area contributed by atoms with Crippen LogP contribution < -0.4 is 10.6 Å². The quantitative estimate of drug-likeness (QED) is 0.218. The molecule has 0 saturated heterocycles. The largest absolute Gasteiger partial charge is 0.461 e. The number of hydrogen-bond acceptors (Lipinski definition) is 5. The summed E-state index contributed by atoms with van der Waals surface area (Å²) in [5.41, 5.74) is 2.03. The maximum Gasteiger partial charge on any atom is 0.309 e. The molecule has 204 valence electrons. The fourth-order valence-electron chi connectivity index (χ4n) is 4.14. The minimum Gasteiger partial charge on any atom is -0.461 e. The molecule has 0 radical (unpaired) electrons. The fourth-order valence-corrected chi connectivity index (χ4v) is 4.14. The molecular weight excluding hydrogens is 480 g/mol. The summed E-state index contributed by atoms with van der Waals surface area (Å²) in [7, 11) is 0. The van der Waals surface area contributed by atoms with Crippen molar-refractivity contribution in [2.45, 2.75) is 51.2 Å². The SMILES string of the molecule is C=CC[C@H](CC(=O)N[C@H](CO)Cc1ccccc1)C(=O)NC[C@H](C)OC(=O)[C@H](CC=C)Cc1ccccc1. The van der Waals surface area contributed by atoms with Gasteiger partial charge >= 0.3 is 5.97 Å². The van der Waals surface area contributed by atoms with E-state index in [4.69, 9.17) is 4.74 Å². The van der Waals surface area contributed by atoms with Crippen molar-refractivity contribution in [3.63, 3.8) is 0 Å². The molecule has 2 rings (SSSR count). The molecule has 0 fully saturated rings. The van der Waals surface area contributed by atoms with Crippen molar-refractivity contribution < 1.29 is 24.2 Å². The maximum absolute atomic E-state index is 12.8. The normalized spacial score (nSPS) is 13.8. The van der Waals surface area contributed by atoms with Gasteiger partial charge in [0.05, 0.1) is 31.0 Å². The molecule has 2 aromatic rings.